The molecule has 1 aliphatic rings. The van der Waals surface area contributed by atoms with Crippen LogP contribution in [0.3, 0.4) is 0 Å². The molecule has 0 aromatic rings. The molecule has 1 aliphatic carbocycles. The molecule has 1 saturated carbocycles. The quantitative estimate of drug-likeness (QED) is 0.777. The van der Waals surface area contributed by atoms with E-state index >= 15 is 0 Å². The van der Waals surface area contributed by atoms with Crippen molar-refractivity contribution >= 4 is 6.09 Å². The molecular formula is C12H23NO3. The molecule has 1 fully saturated rings. The Morgan fingerprint density at radius 3 is 2.38 bits per heavy atom. The second kappa shape index (κ2) is 4.62. The lowest BCUT2D eigenvalue weighted by Crippen LogP contribution is -2.44. The van der Waals surface area contributed by atoms with Gasteiger partial charge in [-0.1, -0.05) is 6.92 Å². The lowest BCUT2D eigenvalue weighted by molar-refractivity contribution is 0.0409. The molecule has 0 spiro atoms. The van der Waals surface area contributed by atoms with Crippen LogP contribution in [0, 0.1) is 11.8 Å². The molecule has 1 amide bonds. The second-order valence-corrected chi connectivity index (χ2v) is 5.80. The maximum absolute atomic E-state index is 11.5. The second-order valence-electron chi connectivity index (χ2n) is 5.80. The smallest absolute Gasteiger partial charge is 0.407 e. The standard InChI is InChI=1S/C12H23NO3/c1-7-6-9(7)10(14)8(2)13-11(15)16-12(3,4)5/h7-10,14H,6H2,1-5H3,(H,13,15)/t7-,8?,9?,10?/m1/s1. The SMILES string of the molecule is CC(NC(=O)OC(C)(C)C)C(O)C1C[C@H]1C. The van der Waals surface area contributed by atoms with E-state index in [4.69, 9.17) is 4.74 Å². The van der Waals surface area contributed by atoms with Gasteiger partial charge in [-0.15, -0.1) is 0 Å². The van der Waals surface area contributed by atoms with Gasteiger partial charge in [-0.05, 0) is 46.0 Å². The summed E-state index contributed by atoms with van der Waals surface area (Å²) in [5.41, 5.74) is -0.498. The fourth-order valence-corrected chi connectivity index (χ4v) is 1.78. The monoisotopic (exact) mass is 229 g/mol. The van der Waals surface area contributed by atoms with E-state index in [2.05, 4.69) is 12.2 Å². The van der Waals surface area contributed by atoms with E-state index in [0.29, 0.717) is 11.8 Å². The molecule has 2 N–H and O–H groups in total. The van der Waals surface area contributed by atoms with Crippen LogP contribution in [0.2, 0.25) is 0 Å². The third-order valence-electron chi connectivity index (χ3n) is 2.87. The zero-order valence-electron chi connectivity index (χ0n) is 10.8. The summed E-state index contributed by atoms with van der Waals surface area (Å²) in [5, 5.41) is 12.6. The van der Waals surface area contributed by atoms with Crippen LogP contribution in [0.4, 0.5) is 4.79 Å². The maximum Gasteiger partial charge on any atom is 0.407 e. The lowest BCUT2D eigenvalue weighted by atomic mass is 10.1. The third-order valence-corrected chi connectivity index (χ3v) is 2.87. The summed E-state index contributed by atoms with van der Waals surface area (Å²) in [4.78, 5) is 11.5. The minimum absolute atomic E-state index is 0.259. The normalized spacial score (nSPS) is 28.1. The predicted molar refractivity (Wildman–Crippen MR) is 62.1 cm³/mol. The summed E-state index contributed by atoms with van der Waals surface area (Å²) in [6.07, 6.45) is 0.108. The fraction of sp³-hybridized carbons (Fsp3) is 0.917. The van der Waals surface area contributed by atoms with Crippen LogP contribution in [0.15, 0.2) is 0 Å². The summed E-state index contributed by atoms with van der Waals surface area (Å²) in [5.74, 6) is 0.892. The van der Waals surface area contributed by atoms with Gasteiger partial charge >= 0.3 is 6.09 Å². The molecule has 4 heteroatoms. The molecule has 0 saturated heterocycles. The number of hydrogen-bond donors (Lipinski definition) is 2. The first-order valence-electron chi connectivity index (χ1n) is 5.88. The van der Waals surface area contributed by atoms with Crippen LogP contribution in [-0.4, -0.2) is 28.9 Å². The molecule has 0 heterocycles. The Bertz CT molecular complexity index is 259. The molecule has 3 unspecified atom stereocenters. The first-order valence-corrected chi connectivity index (χ1v) is 5.88. The fourth-order valence-electron chi connectivity index (χ4n) is 1.78. The van der Waals surface area contributed by atoms with Crippen molar-refractivity contribution in [2.24, 2.45) is 11.8 Å². The average molecular weight is 229 g/mol. The Morgan fingerprint density at radius 2 is 2.00 bits per heavy atom. The van der Waals surface area contributed by atoms with Gasteiger partial charge in [0.15, 0.2) is 0 Å². The van der Waals surface area contributed by atoms with Crippen molar-refractivity contribution < 1.29 is 14.6 Å². The number of carbonyl (C=O) groups is 1. The molecular weight excluding hydrogens is 206 g/mol. The van der Waals surface area contributed by atoms with Crippen molar-refractivity contribution in [2.45, 2.75) is 58.8 Å². The van der Waals surface area contributed by atoms with Crippen LogP contribution in [0.25, 0.3) is 0 Å². The highest BCUT2D eigenvalue weighted by Gasteiger charge is 2.41. The summed E-state index contributed by atoms with van der Waals surface area (Å²) in [6, 6.07) is -0.259. The average Bonchev–Trinajstić information content (AvgIpc) is 2.77. The summed E-state index contributed by atoms with van der Waals surface area (Å²) < 4.78 is 5.12. The van der Waals surface area contributed by atoms with Gasteiger partial charge in [0.2, 0.25) is 0 Å². The van der Waals surface area contributed by atoms with Crippen molar-refractivity contribution in [1.82, 2.24) is 5.32 Å². The number of rotatable bonds is 3. The number of carbonyl (C=O) groups excluding carboxylic acids is 1. The van der Waals surface area contributed by atoms with Gasteiger partial charge in [0, 0.05) is 0 Å². The largest absolute Gasteiger partial charge is 0.444 e. The lowest BCUT2D eigenvalue weighted by Gasteiger charge is -2.24. The molecule has 0 aliphatic heterocycles. The zero-order valence-corrected chi connectivity index (χ0v) is 10.8. The summed E-state index contributed by atoms with van der Waals surface area (Å²) in [7, 11) is 0. The van der Waals surface area contributed by atoms with Crippen LogP contribution >= 0.6 is 0 Å². The number of alkyl carbamates (subject to hydrolysis) is 1. The first kappa shape index (κ1) is 13.3. The third kappa shape index (κ3) is 4.00. The minimum Gasteiger partial charge on any atom is -0.444 e. The topological polar surface area (TPSA) is 58.6 Å². The van der Waals surface area contributed by atoms with E-state index in [0.717, 1.165) is 6.42 Å². The van der Waals surface area contributed by atoms with Gasteiger partial charge in [-0.3, -0.25) is 0 Å². The number of amides is 1. The maximum atomic E-state index is 11.5. The molecule has 4 atom stereocenters. The predicted octanol–water partition coefficient (Wildman–Crippen LogP) is 1.92. The van der Waals surface area contributed by atoms with Gasteiger partial charge in [0.25, 0.3) is 0 Å². The summed E-state index contributed by atoms with van der Waals surface area (Å²) >= 11 is 0. The Hall–Kier alpha value is -0.770. The van der Waals surface area contributed by atoms with Crippen molar-refractivity contribution in [3.63, 3.8) is 0 Å². The van der Waals surface area contributed by atoms with Crippen molar-refractivity contribution in [2.75, 3.05) is 0 Å². The molecule has 1 rings (SSSR count). The van der Waals surface area contributed by atoms with Gasteiger partial charge < -0.3 is 15.2 Å². The molecule has 0 aromatic carbocycles. The van der Waals surface area contributed by atoms with Gasteiger partial charge in [0.05, 0.1) is 12.1 Å². The van der Waals surface area contributed by atoms with Crippen molar-refractivity contribution in [3.05, 3.63) is 0 Å². The summed E-state index contributed by atoms with van der Waals surface area (Å²) in [6.45, 7) is 9.36. The van der Waals surface area contributed by atoms with Gasteiger partial charge in [0.1, 0.15) is 5.60 Å². The highest BCUT2D eigenvalue weighted by molar-refractivity contribution is 5.68. The van der Waals surface area contributed by atoms with Crippen LogP contribution in [0.1, 0.15) is 41.0 Å². The van der Waals surface area contributed by atoms with E-state index in [1.54, 1.807) is 6.92 Å². The molecule has 0 aromatic heterocycles. The van der Waals surface area contributed by atoms with E-state index in [1.807, 2.05) is 20.8 Å². The zero-order chi connectivity index (χ0) is 12.5. The Morgan fingerprint density at radius 1 is 1.50 bits per heavy atom. The van der Waals surface area contributed by atoms with Crippen LogP contribution in [-0.2, 0) is 4.74 Å². The Balaban J connectivity index is 2.33. The molecule has 0 bridgehead atoms. The Labute approximate surface area is 97.4 Å². The van der Waals surface area contributed by atoms with Crippen LogP contribution in [0.5, 0.6) is 0 Å². The molecule has 94 valence electrons. The number of ether oxygens (including phenoxy) is 1. The highest BCUT2D eigenvalue weighted by Crippen LogP contribution is 2.41. The number of aliphatic hydroxyl groups excluding tert-OH is 1. The van der Waals surface area contributed by atoms with E-state index < -0.39 is 17.8 Å². The van der Waals surface area contributed by atoms with Gasteiger partial charge in [-0.25, -0.2) is 4.79 Å². The van der Waals surface area contributed by atoms with E-state index in [1.165, 1.54) is 0 Å². The Kier molecular flexibility index (Phi) is 3.84. The minimum atomic E-state index is -0.498. The van der Waals surface area contributed by atoms with Gasteiger partial charge in [-0.2, -0.15) is 0 Å². The van der Waals surface area contributed by atoms with E-state index in [9.17, 15) is 9.90 Å². The van der Waals surface area contributed by atoms with E-state index in [-0.39, 0.29) is 6.04 Å². The molecule has 16 heavy (non-hydrogen) atoms. The van der Waals surface area contributed by atoms with Crippen molar-refractivity contribution in [1.29, 1.82) is 0 Å². The highest BCUT2D eigenvalue weighted by atomic mass is 16.6. The number of aliphatic hydroxyl groups is 1. The number of nitrogens with one attached hydrogen (secondary N) is 1. The van der Waals surface area contributed by atoms with Crippen molar-refractivity contribution in [3.8, 4) is 0 Å². The molecule has 4 nitrogen and oxygen atoms in total. The first-order chi connectivity index (χ1) is 7.20. The van der Waals surface area contributed by atoms with Crippen LogP contribution < -0.4 is 5.32 Å². The number of hydrogen-bond acceptors (Lipinski definition) is 3. The molecule has 0 radical (unpaired) electrons.